The predicted octanol–water partition coefficient (Wildman–Crippen LogP) is 3.69. The van der Waals surface area contributed by atoms with Crippen molar-refractivity contribution in [2.45, 2.75) is 6.18 Å². The average molecular weight is 273 g/mol. The summed E-state index contributed by atoms with van der Waals surface area (Å²) in [5, 5.41) is 2.02. The molecule has 0 fully saturated rings. The fourth-order valence-corrected chi connectivity index (χ4v) is 1.39. The van der Waals surface area contributed by atoms with Gasteiger partial charge in [0.1, 0.15) is 5.82 Å². The monoisotopic (exact) mass is 273 g/mol. The molecule has 0 bridgehead atoms. The molecule has 19 heavy (non-hydrogen) atoms. The maximum Gasteiger partial charge on any atom is 0.416 e. The zero-order chi connectivity index (χ0) is 14.0. The fraction of sp³-hybridized carbons (Fsp3) is 0.0833. The lowest BCUT2D eigenvalue weighted by molar-refractivity contribution is -0.137. The summed E-state index contributed by atoms with van der Waals surface area (Å²) in [5.41, 5.74) is -1.61. The van der Waals surface area contributed by atoms with E-state index in [2.05, 4.69) is 0 Å². The number of nitrogens with one attached hydrogen (secondary N) is 1. The van der Waals surface area contributed by atoms with Crippen LogP contribution >= 0.6 is 0 Å². The Morgan fingerprint density at radius 2 is 1.95 bits per heavy atom. The first-order valence-electron chi connectivity index (χ1n) is 5.09. The highest BCUT2D eigenvalue weighted by molar-refractivity contribution is 6.02. The van der Waals surface area contributed by atoms with Crippen molar-refractivity contribution in [3.05, 3.63) is 53.7 Å². The van der Waals surface area contributed by atoms with Gasteiger partial charge in [-0.2, -0.15) is 13.2 Å². The molecule has 0 spiro atoms. The van der Waals surface area contributed by atoms with Gasteiger partial charge in [-0.1, -0.05) is 0 Å². The normalized spacial score (nSPS) is 11.4. The van der Waals surface area contributed by atoms with Crippen molar-refractivity contribution >= 4 is 11.6 Å². The molecular formula is C12H7F4NO2. The van der Waals surface area contributed by atoms with Crippen molar-refractivity contribution in [1.82, 2.24) is 0 Å². The van der Waals surface area contributed by atoms with Crippen LogP contribution in [0.25, 0.3) is 0 Å². The highest BCUT2D eigenvalue weighted by Gasteiger charge is 2.31. The molecule has 100 valence electrons. The van der Waals surface area contributed by atoms with Crippen molar-refractivity contribution < 1.29 is 26.8 Å². The van der Waals surface area contributed by atoms with Gasteiger partial charge in [0.25, 0.3) is 5.91 Å². The molecule has 0 saturated carbocycles. The minimum atomic E-state index is -4.61. The Balaban J connectivity index is 2.27. The SMILES string of the molecule is O=C(Nc1cc(C(F)(F)F)ccc1F)c1ccco1. The van der Waals surface area contributed by atoms with Crippen LogP contribution in [0.5, 0.6) is 0 Å². The summed E-state index contributed by atoms with van der Waals surface area (Å²) in [6, 6.07) is 4.49. The van der Waals surface area contributed by atoms with E-state index in [4.69, 9.17) is 4.42 Å². The van der Waals surface area contributed by atoms with Crippen molar-refractivity contribution in [2.75, 3.05) is 5.32 Å². The Morgan fingerprint density at radius 3 is 2.53 bits per heavy atom. The van der Waals surface area contributed by atoms with Crippen LogP contribution in [0.2, 0.25) is 0 Å². The first-order valence-corrected chi connectivity index (χ1v) is 5.09. The number of furan rings is 1. The quantitative estimate of drug-likeness (QED) is 0.848. The summed E-state index contributed by atoms with van der Waals surface area (Å²) in [6.07, 6.45) is -3.39. The number of rotatable bonds is 2. The van der Waals surface area contributed by atoms with Crippen LogP contribution in [-0.2, 0) is 6.18 Å². The van der Waals surface area contributed by atoms with E-state index in [1.165, 1.54) is 18.4 Å². The molecule has 0 aliphatic rings. The molecule has 0 aliphatic heterocycles. The predicted molar refractivity (Wildman–Crippen MR) is 58.1 cm³/mol. The smallest absolute Gasteiger partial charge is 0.416 e. The lowest BCUT2D eigenvalue weighted by atomic mass is 10.2. The van der Waals surface area contributed by atoms with Gasteiger partial charge in [-0.25, -0.2) is 4.39 Å². The van der Waals surface area contributed by atoms with E-state index in [0.29, 0.717) is 18.2 Å². The van der Waals surface area contributed by atoms with E-state index in [-0.39, 0.29) is 5.76 Å². The number of benzene rings is 1. The van der Waals surface area contributed by atoms with Gasteiger partial charge in [0.2, 0.25) is 0 Å². The average Bonchev–Trinajstić information content (AvgIpc) is 2.84. The van der Waals surface area contributed by atoms with Crippen molar-refractivity contribution in [3.63, 3.8) is 0 Å². The first kappa shape index (κ1) is 13.1. The number of anilines is 1. The van der Waals surface area contributed by atoms with Gasteiger partial charge in [-0.15, -0.1) is 0 Å². The topological polar surface area (TPSA) is 42.2 Å². The van der Waals surface area contributed by atoms with Gasteiger partial charge in [-0.05, 0) is 30.3 Å². The summed E-state index contributed by atoms with van der Waals surface area (Å²) >= 11 is 0. The van der Waals surface area contributed by atoms with Crippen LogP contribution < -0.4 is 5.32 Å². The van der Waals surface area contributed by atoms with Gasteiger partial charge in [0, 0.05) is 0 Å². The molecule has 2 aromatic rings. The minimum absolute atomic E-state index is 0.128. The number of hydrogen-bond donors (Lipinski definition) is 1. The number of halogens is 4. The standard InChI is InChI=1S/C12H7F4NO2/c13-8-4-3-7(12(14,15)16)6-9(8)17-11(18)10-2-1-5-19-10/h1-6H,(H,17,18). The third-order valence-electron chi connectivity index (χ3n) is 2.29. The van der Waals surface area contributed by atoms with Crippen LogP contribution in [0.3, 0.4) is 0 Å². The summed E-state index contributed by atoms with van der Waals surface area (Å²) < 4.78 is 55.5. The molecule has 2 rings (SSSR count). The molecular weight excluding hydrogens is 266 g/mol. The number of amides is 1. The van der Waals surface area contributed by atoms with Crippen LogP contribution in [0, 0.1) is 5.82 Å². The third-order valence-corrected chi connectivity index (χ3v) is 2.29. The third kappa shape index (κ3) is 2.93. The second-order valence-electron chi connectivity index (χ2n) is 3.62. The summed E-state index contributed by atoms with van der Waals surface area (Å²) in [5.74, 6) is -1.92. The highest BCUT2D eigenvalue weighted by Crippen LogP contribution is 2.31. The van der Waals surface area contributed by atoms with Crippen LogP contribution in [0.15, 0.2) is 41.0 Å². The number of carbonyl (C=O) groups is 1. The minimum Gasteiger partial charge on any atom is -0.459 e. The Kier molecular flexibility index (Phi) is 3.28. The Labute approximate surface area is 104 Å². The molecule has 1 aromatic carbocycles. The van der Waals surface area contributed by atoms with E-state index < -0.39 is 29.2 Å². The van der Waals surface area contributed by atoms with Gasteiger partial charge < -0.3 is 9.73 Å². The molecule has 1 amide bonds. The van der Waals surface area contributed by atoms with Crippen molar-refractivity contribution in [1.29, 1.82) is 0 Å². The molecule has 0 atom stereocenters. The van der Waals surface area contributed by atoms with E-state index in [1.54, 1.807) is 0 Å². The second kappa shape index (κ2) is 4.75. The van der Waals surface area contributed by atoms with Gasteiger partial charge in [0.05, 0.1) is 17.5 Å². The molecule has 1 aromatic heterocycles. The first-order chi connectivity index (χ1) is 8.88. The maximum absolute atomic E-state index is 13.3. The lowest BCUT2D eigenvalue weighted by Crippen LogP contribution is -2.13. The second-order valence-corrected chi connectivity index (χ2v) is 3.62. The van der Waals surface area contributed by atoms with Crippen LogP contribution in [-0.4, -0.2) is 5.91 Å². The number of alkyl halides is 3. The van der Waals surface area contributed by atoms with E-state index >= 15 is 0 Å². The van der Waals surface area contributed by atoms with Crippen molar-refractivity contribution in [2.24, 2.45) is 0 Å². The fourth-order valence-electron chi connectivity index (χ4n) is 1.39. The molecule has 0 unspecified atom stereocenters. The van der Waals surface area contributed by atoms with Crippen LogP contribution in [0.4, 0.5) is 23.2 Å². The van der Waals surface area contributed by atoms with Crippen LogP contribution in [0.1, 0.15) is 16.1 Å². The van der Waals surface area contributed by atoms with Crippen molar-refractivity contribution in [3.8, 4) is 0 Å². The largest absolute Gasteiger partial charge is 0.459 e. The van der Waals surface area contributed by atoms with Gasteiger partial charge in [0.15, 0.2) is 5.76 Å². The maximum atomic E-state index is 13.3. The molecule has 3 nitrogen and oxygen atoms in total. The zero-order valence-corrected chi connectivity index (χ0v) is 9.29. The highest BCUT2D eigenvalue weighted by atomic mass is 19.4. The van der Waals surface area contributed by atoms with E-state index in [0.717, 1.165) is 0 Å². The summed E-state index contributed by atoms with van der Waals surface area (Å²) in [7, 11) is 0. The molecule has 0 aliphatic carbocycles. The molecule has 1 N–H and O–H groups in total. The lowest BCUT2D eigenvalue weighted by Gasteiger charge is -2.10. The molecule has 1 heterocycles. The van der Waals surface area contributed by atoms with E-state index in [1.807, 2.05) is 5.32 Å². The number of carbonyl (C=O) groups excluding carboxylic acids is 1. The van der Waals surface area contributed by atoms with E-state index in [9.17, 15) is 22.4 Å². The Bertz CT molecular complexity index is 590. The van der Waals surface area contributed by atoms with Gasteiger partial charge in [-0.3, -0.25) is 4.79 Å². The Morgan fingerprint density at radius 1 is 1.21 bits per heavy atom. The molecule has 0 saturated heterocycles. The molecule has 7 heteroatoms. The summed E-state index contributed by atoms with van der Waals surface area (Å²) in [4.78, 5) is 11.5. The summed E-state index contributed by atoms with van der Waals surface area (Å²) in [6.45, 7) is 0. The number of hydrogen-bond acceptors (Lipinski definition) is 2. The zero-order valence-electron chi connectivity index (χ0n) is 9.29. The Hall–Kier alpha value is -2.31. The van der Waals surface area contributed by atoms with Gasteiger partial charge >= 0.3 is 6.18 Å². The molecule has 0 radical (unpaired) electrons.